The molecule has 2 aliphatic rings. The number of H-pyrrole nitrogens is 1. The molecule has 0 aromatic carbocycles. The fraction of sp³-hybridized carbons (Fsp3) is 0.714. The second kappa shape index (κ2) is 5.33. The van der Waals surface area contributed by atoms with Crippen LogP contribution in [0, 0.1) is 5.92 Å². The summed E-state index contributed by atoms with van der Waals surface area (Å²) in [5, 5.41) is 3.32. The zero-order chi connectivity index (χ0) is 13.2. The number of anilines is 1. The molecule has 0 aliphatic heterocycles. The van der Waals surface area contributed by atoms with Crippen molar-refractivity contribution < 1.29 is 0 Å². The molecule has 3 rings (SSSR count). The summed E-state index contributed by atoms with van der Waals surface area (Å²) in [6, 6.07) is 1.94. The SMILES string of the molecule is NC1CCC(CNc2cc(=O)[nH]c(C3CC3)n2)CC1. The van der Waals surface area contributed by atoms with Crippen molar-refractivity contribution >= 4 is 5.82 Å². The van der Waals surface area contributed by atoms with E-state index in [2.05, 4.69) is 15.3 Å². The molecule has 0 atom stereocenters. The predicted molar refractivity (Wildman–Crippen MR) is 75.3 cm³/mol. The topological polar surface area (TPSA) is 83.8 Å². The lowest BCUT2D eigenvalue weighted by Crippen LogP contribution is -2.29. The lowest BCUT2D eigenvalue weighted by atomic mass is 9.86. The molecule has 5 nitrogen and oxygen atoms in total. The van der Waals surface area contributed by atoms with E-state index in [1.807, 2.05) is 0 Å². The Labute approximate surface area is 113 Å². The van der Waals surface area contributed by atoms with Crippen molar-refractivity contribution in [2.24, 2.45) is 11.7 Å². The van der Waals surface area contributed by atoms with Crippen LogP contribution in [0.25, 0.3) is 0 Å². The first-order chi connectivity index (χ1) is 9.20. The Bertz CT molecular complexity index is 486. The largest absolute Gasteiger partial charge is 0.370 e. The van der Waals surface area contributed by atoms with Crippen LogP contribution in [0.3, 0.4) is 0 Å². The fourth-order valence-corrected chi connectivity index (χ4v) is 2.76. The molecule has 2 aliphatic carbocycles. The first-order valence-corrected chi connectivity index (χ1v) is 7.31. The number of nitrogens with one attached hydrogen (secondary N) is 2. The zero-order valence-corrected chi connectivity index (χ0v) is 11.2. The molecule has 19 heavy (non-hydrogen) atoms. The predicted octanol–water partition coefficient (Wildman–Crippen LogP) is 1.58. The maximum atomic E-state index is 11.6. The van der Waals surface area contributed by atoms with E-state index < -0.39 is 0 Å². The van der Waals surface area contributed by atoms with Crippen LogP contribution < -0.4 is 16.6 Å². The molecule has 5 heteroatoms. The number of nitrogens with two attached hydrogens (primary N) is 1. The highest BCUT2D eigenvalue weighted by Gasteiger charge is 2.26. The molecule has 1 heterocycles. The quantitative estimate of drug-likeness (QED) is 0.769. The van der Waals surface area contributed by atoms with Crippen LogP contribution in [0.4, 0.5) is 5.82 Å². The normalized spacial score (nSPS) is 27.2. The minimum atomic E-state index is -0.0509. The van der Waals surface area contributed by atoms with Crippen molar-refractivity contribution in [2.75, 3.05) is 11.9 Å². The molecule has 104 valence electrons. The first kappa shape index (κ1) is 12.7. The second-order valence-electron chi connectivity index (χ2n) is 5.95. The van der Waals surface area contributed by atoms with Gasteiger partial charge in [-0.1, -0.05) is 0 Å². The average molecular weight is 262 g/mol. The molecule has 0 radical (unpaired) electrons. The Balaban J connectivity index is 1.58. The van der Waals surface area contributed by atoms with Crippen LogP contribution in [-0.2, 0) is 0 Å². The third-order valence-electron chi connectivity index (χ3n) is 4.19. The van der Waals surface area contributed by atoms with Gasteiger partial charge in [0.25, 0.3) is 5.56 Å². The molecule has 0 saturated heterocycles. The summed E-state index contributed by atoms with van der Waals surface area (Å²) >= 11 is 0. The third kappa shape index (κ3) is 3.35. The number of hydrogen-bond donors (Lipinski definition) is 3. The summed E-state index contributed by atoms with van der Waals surface area (Å²) in [5.74, 6) is 2.70. The number of nitrogens with zero attached hydrogens (tertiary/aromatic N) is 1. The summed E-state index contributed by atoms with van der Waals surface area (Å²) < 4.78 is 0. The van der Waals surface area contributed by atoms with Crippen LogP contribution in [-0.4, -0.2) is 22.6 Å². The lowest BCUT2D eigenvalue weighted by Gasteiger charge is -2.26. The van der Waals surface area contributed by atoms with Crippen molar-refractivity contribution in [3.05, 3.63) is 22.2 Å². The zero-order valence-electron chi connectivity index (χ0n) is 11.2. The maximum absolute atomic E-state index is 11.6. The average Bonchev–Trinajstić information content (AvgIpc) is 3.22. The standard InChI is InChI=1S/C14H22N4O/c15-11-5-1-9(2-6-11)8-16-12-7-13(19)18-14(17-12)10-3-4-10/h7,9-11H,1-6,8,15H2,(H2,16,17,18,19). The molecule has 0 bridgehead atoms. The Kier molecular flexibility index (Phi) is 3.55. The Morgan fingerprint density at radius 3 is 2.68 bits per heavy atom. The van der Waals surface area contributed by atoms with Crippen LogP contribution >= 0.6 is 0 Å². The summed E-state index contributed by atoms with van der Waals surface area (Å²) in [7, 11) is 0. The van der Waals surface area contributed by atoms with Gasteiger partial charge in [0.2, 0.25) is 0 Å². The van der Waals surface area contributed by atoms with E-state index in [1.165, 1.54) is 12.8 Å². The van der Waals surface area contributed by atoms with Gasteiger partial charge >= 0.3 is 0 Å². The molecule has 0 spiro atoms. The highest BCUT2D eigenvalue weighted by Crippen LogP contribution is 2.37. The van der Waals surface area contributed by atoms with Crippen LogP contribution in [0.2, 0.25) is 0 Å². The van der Waals surface area contributed by atoms with Gasteiger partial charge in [0.05, 0.1) is 0 Å². The van der Waals surface area contributed by atoms with Gasteiger partial charge in [-0.05, 0) is 44.4 Å². The van der Waals surface area contributed by atoms with E-state index in [0.29, 0.717) is 17.9 Å². The van der Waals surface area contributed by atoms with Gasteiger partial charge in [0, 0.05) is 24.6 Å². The molecule has 1 aromatic rings. The summed E-state index contributed by atoms with van der Waals surface area (Å²) in [6.07, 6.45) is 6.87. The minimum Gasteiger partial charge on any atom is -0.370 e. The van der Waals surface area contributed by atoms with E-state index in [9.17, 15) is 4.79 Å². The van der Waals surface area contributed by atoms with E-state index in [0.717, 1.165) is 43.9 Å². The van der Waals surface area contributed by atoms with Crippen LogP contribution in [0.15, 0.2) is 10.9 Å². The fourth-order valence-electron chi connectivity index (χ4n) is 2.76. The maximum Gasteiger partial charge on any atom is 0.252 e. The molecular weight excluding hydrogens is 240 g/mol. The van der Waals surface area contributed by atoms with Crippen molar-refractivity contribution in [1.82, 2.24) is 9.97 Å². The molecule has 2 saturated carbocycles. The van der Waals surface area contributed by atoms with Gasteiger partial charge < -0.3 is 16.0 Å². The third-order valence-corrected chi connectivity index (χ3v) is 4.19. The van der Waals surface area contributed by atoms with Gasteiger partial charge in [-0.2, -0.15) is 0 Å². The molecule has 4 N–H and O–H groups in total. The molecular formula is C14H22N4O. The van der Waals surface area contributed by atoms with Crippen molar-refractivity contribution in [3.63, 3.8) is 0 Å². The smallest absolute Gasteiger partial charge is 0.252 e. The summed E-state index contributed by atoms with van der Waals surface area (Å²) in [4.78, 5) is 18.9. The molecule has 0 unspecified atom stereocenters. The Morgan fingerprint density at radius 1 is 1.26 bits per heavy atom. The molecule has 2 fully saturated rings. The van der Waals surface area contributed by atoms with Gasteiger partial charge in [-0.3, -0.25) is 4.79 Å². The monoisotopic (exact) mass is 262 g/mol. The van der Waals surface area contributed by atoms with Gasteiger partial charge in [-0.15, -0.1) is 0 Å². The van der Waals surface area contributed by atoms with Crippen molar-refractivity contribution in [1.29, 1.82) is 0 Å². The van der Waals surface area contributed by atoms with Crippen molar-refractivity contribution in [2.45, 2.75) is 50.5 Å². The number of aromatic amines is 1. The summed E-state index contributed by atoms with van der Waals surface area (Å²) in [6.45, 7) is 0.896. The van der Waals surface area contributed by atoms with E-state index >= 15 is 0 Å². The number of rotatable bonds is 4. The lowest BCUT2D eigenvalue weighted by molar-refractivity contribution is 0.338. The van der Waals surface area contributed by atoms with Crippen LogP contribution in [0.5, 0.6) is 0 Å². The Morgan fingerprint density at radius 2 is 2.00 bits per heavy atom. The molecule has 0 amide bonds. The molecule has 1 aromatic heterocycles. The van der Waals surface area contributed by atoms with E-state index in [-0.39, 0.29) is 5.56 Å². The van der Waals surface area contributed by atoms with Crippen molar-refractivity contribution in [3.8, 4) is 0 Å². The Hall–Kier alpha value is -1.36. The van der Waals surface area contributed by atoms with Crippen LogP contribution in [0.1, 0.15) is 50.3 Å². The second-order valence-corrected chi connectivity index (χ2v) is 5.95. The highest BCUT2D eigenvalue weighted by atomic mass is 16.1. The van der Waals surface area contributed by atoms with Gasteiger partial charge in [0.15, 0.2) is 0 Å². The minimum absolute atomic E-state index is 0.0509. The van der Waals surface area contributed by atoms with E-state index in [4.69, 9.17) is 5.73 Å². The first-order valence-electron chi connectivity index (χ1n) is 7.31. The number of hydrogen-bond acceptors (Lipinski definition) is 4. The van der Waals surface area contributed by atoms with E-state index in [1.54, 1.807) is 6.07 Å². The van der Waals surface area contributed by atoms with Gasteiger partial charge in [0.1, 0.15) is 11.6 Å². The number of aromatic nitrogens is 2. The van der Waals surface area contributed by atoms with Gasteiger partial charge in [-0.25, -0.2) is 4.98 Å². The highest BCUT2D eigenvalue weighted by molar-refractivity contribution is 5.34. The summed E-state index contributed by atoms with van der Waals surface area (Å²) in [5.41, 5.74) is 5.86.